The quantitative estimate of drug-likeness (QED) is 0.353. The first-order chi connectivity index (χ1) is 15.0. The first-order valence-corrected chi connectivity index (χ1v) is 9.95. The molecular weight excluding hydrogens is 439 g/mol. The van der Waals surface area contributed by atoms with E-state index in [9.17, 15) is 23.2 Å². The molecule has 2 aromatic carbocycles. The molecule has 0 unspecified atom stereocenters. The molecule has 1 aromatic heterocycles. The number of amides is 1. The number of alkyl halides is 3. The topological polar surface area (TPSA) is 57.8 Å². The van der Waals surface area contributed by atoms with Crippen molar-refractivity contribution in [1.29, 1.82) is 5.26 Å². The maximum atomic E-state index is 12.9. The molecule has 3 rings (SSSR count). The molecule has 0 atom stereocenters. The molecule has 8 heteroatoms. The molecule has 0 saturated heterocycles. The van der Waals surface area contributed by atoms with Crippen LogP contribution < -0.4 is 5.32 Å². The normalized spacial score (nSPS) is 11.9. The Hall–Kier alpha value is -3.50. The van der Waals surface area contributed by atoms with Crippen molar-refractivity contribution in [3.05, 3.63) is 87.2 Å². The number of carbonyl (C=O) groups excluding carboxylic acids is 1. The van der Waals surface area contributed by atoms with Crippen LogP contribution in [-0.4, -0.2) is 10.5 Å². The molecule has 0 spiro atoms. The fourth-order valence-electron chi connectivity index (χ4n) is 3.40. The molecule has 0 fully saturated rings. The third-order valence-electron chi connectivity index (χ3n) is 5.00. The summed E-state index contributed by atoms with van der Waals surface area (Å²) < 4.78 is 40.7. The van der Waals surface area contributed by atoms with Crippen LogP contribution in [0.15, 0.2) is 54.1 Å². The number of anilines is 1. The van der Waals surface area contributed by atoms with Gasteiger partial charge in [-0.1, -0.05) is 23.7 Å². The summed E-state index contributed by atoms with van der Waals surface area (Å²) >= 11 is 6.15. The molecule has 0 aliphatic heterocycles. The summed E-state index contributed by atoms with van der Waals surface area (Å²) in [7, 11) is 0. The van der Waals surface area contributed by atoms with Crippen molar-refractivity contribution in [1.82, 2.24) is 4.57 Å². The number of nitrogens with one attached hydrogen (secondary N) is 1. The van der Waals surface area contributed by atoms with Crippen LogP contribution in [0.1, 0.15) is 28.1 Å². The molecule has 32 heavy (non-hydrogen) atoms. The summed E-state index contributed by atoms with van der Waals surface area (Å²) in [6.07, 6.45) is -3.12. The van der Waals surface area contributed by atoms with Gasteiger partial charge in [0.25, 0.3) is 5.91 Å². The van der Waals surface area contributed by atoms with Crippen LogP contribution >= 0.6 is 11.6 Å². The molecule has 3 aromatic rings. The SMILES string of the molecule is Cc1ccc(Cl)cc1-n1c(C)cc(/C=C(/C#N)C(=O)Nc2cccc(C(F)(F)F)c2)c1C. The molecule has 0 bridgehead atoms. The number of nitriles is 1. The third-order valence-corrected chi connectivity index (χ3v) is 5.23. The molecule has 0 saturated carbocycles. The highest BCUT2D eigenvalue weighted by molar-refractivity contribution is 6.30. The Morgan fingerprint density at radius 1 is 1.12 bits per heavy atom. The van der Waals surface area contributed by atoms with Crippen LogP contribution in [0.25, 0.3) is 11.8 Å². The average molecular weight is 458 g/mol. The predicted molar refractivity (Wildman–Crippen MR) is 119 cm³/mol. The van der Waals surface area contributed by atoms with E-state index in [0.29, 0.717) is 10.6 Å². The second-order valence-electron chi connectivity index (χ2n) is 7.30. The Morgan fingerprint density at radius 2 is 1.84 bits per heavy atom. The number of hydrogen-bond donors (Lipinski definition) is 1. The Kier molecular flexibility index (Phi) is 6.47. The zero-order chi connectivity index (χ0) is 23.6. The fraction of sp³-hybridized carbons (Fsp3) is 0.167. The number of aryl methyl sites for hydroxylation is 2. The van der Waals surface area contributed by atoms with Gasteiger partial charge in [-0.2, -0.15) is 18.4 Å². The van der Waals surface area contributed by atoms with Crippen molar-refractivity contribution in [2.75, 3.05) is 5.32 Å². The monoisotopic (exact) mass is 457 g/mol. The summed E-state index contributed by atoms with van der Waals surface area (Å²) in [4.78, 5) is 12.6. The van der Waals surface area contributed by atoms with E-state index in [4.69, 9.17) is 11.6 Å². The number of nitrogens with zero attached hydrogens (tertiary/aromatic N) is 2. The predicted octanol–water partition coefficient (Wildman–Crippen LogP) is 6.62. The van der Waals surface area contributed by atoms with Crippen molar-refractivity contribution in [2.45, 2.75) is 26.9 Å². The molecule has 164 valence electrons. The van der Waals surface area contributed by atoms with Gasteiger partial charge >= 0.3 is 6.18 Å². The van der Waals surface area contributed by atoms with Gasteiger partial charge in [-0.3, -0.25) is 4.79 Å². The van der Waals surface area contributed by atoms with Gasteiger partial charge in [0.15, 0.2) is 0 Å². The maximum Gasteiger partial charge on any atom is 0.416 e. The molecule has 0 radical (unpaired) electrons. The molecular formula is C24H19ClF3N3O. The van der Waals surface area contributed by atoms with Crippen LogP contribution in [0.3, 0.4) is 0 Å². The maximum absolute atomic E-state index is 12.9. The number of benzene rings is 2. The minimum absolute atomic E-state index is 0.0500. The van der Waals surface area contributed by atoms with E-state index in [1.54, 1.807) is 6.07 Å². The third kappa shape index (κ3) is 4.87. The Balaban J connectivity index is 1.94. The number of carbonyl (C=O) groups is 1. The van der Waals surface area contributed by atoms with Crippen LogP contribution in [0.2, 0.25) is 5.02 Å². The summed E-state index contributed by atoms with van der Waals surface area (Å²) in [6.45, 7) is 5.68. The zero-order valence-electron chi connectivity index (χ0n) is 17.5. The van der Waals surface area contributed by atoms with Gasteiger partial charge in [0.1, 0.15) is 11.6 Å². The highest BCUT2D eigenvalue weighted by atomic mass is 35.5. The van der Waals surface area contributed by atoms with E-state index < -0.39 is 17.6 Å². The number of rotatable bonds is 4. The fourth-order valence-corrected chi connectivity index (χ4v) is 3.57. The second-order valence-corrected chi connectivity index (χ2v) is 7.73. The summed E-state index contributed by atoms with van der Waals surface area (Å²) in [5.74, 6) is -0.796. The molecule has 1 amide bonds. The lowest BCUT2D eigenvalue weighted by atomic mass is 10.1. The minimum Gasteiger partial charge on any atom is -0.321 e. The van der Waals surface area contributed by atoms with Gasteiger partial charge in [0.05, 0.1) is 5.56 Å². The number of halogens is 4. The molecule has 0 aliphatic carbocycles. The van der Waals surface area contributed by atoms with Gasteiger partial charge in [0, 0.05) is 27.8 Å². The van der Waals surface area contributed by atoms with E-state index in [0.717, 1.165) is 34.8 Å². The highest BCUT2D eigenvalue weighted by Gasteiger charge is 2.30. The Labute approximate surface area is 188 Å². The van der Waals surface area contributed by atoms with Crippen molar-refractivity contribution in [3.8, 4) is 11.8 Å². The van der Waals surface area contributed by atoms with Crippen LogP contribution in [0.5, 0.6) is 0 Å². The van der Waals surface area contributed by atoms with E-state index >= 15 is 0 Å². The van der Waals surface area contributed by atoms with E-state index in [2.05, 4.69) is 5.32 Å². The molecule has 0 aliphatic rings. The first-order valence-electron chi connectivity index (χ1n) is 9.57. The Bertz CT molecular complexity index is 1270. The van der Waals surface area contributed by atoms with Crippen LogP contribution in [0.4, 0.5) is 18.9 Å². The van der Waals surface area contributed by atoms with Gasteiger partial charge in [-0.15, -0.1) is 0 Å². The van der Waals surface area contributed by atoms with Crippen molar-refractivity contribution in [2.24, 2.45) is 0 Å². The summed E-state index contributed by atoms with van der Waals surface area (Å²) in [5, 5.41) is 12.4. The van der Waals surface area contributed by atoms with Gasteiger partial charge in [-0.25, -0.2) is 0 Å². The lowest BCUT2D eigenvalue weighted by Gasteiger charge is -2.13. The lowest BCUT2D eigenvalue weighted by Crippen LogP contribution is -2.14. The largest absolute Gasteiger partial charge is 0.416 e. The van der Waals surface area contributed by atoms with Crippen LogP contribution in [0, 0.1) is 32.1 Å². The van der Waals surface area contributed by atoms with Crippen molar-refractivity contribution >= 4 is 29.3 Å². The van der Waals surface area contributed by atoms with Crippen molar-refractivity contribution in [3.63, 3.8) is 0 Å². The Morgan fingerprint density at radius 3 is 2.50 bits per heavy atom. The van der Waals surface area contributed by atoms with Crippen LogP contribution in [-0.2, 0) is 11.0 Å². The first kappa shape index (κ1) is 23.2. The van der Waals surface area contributed by atoms with E-state index in [1.165, 1.54) is 18.2 Å². The standard InChI is InChI=1S/C24H19ClF3N3O/c1-14-7-8-20(25)12-22(14)31-15(2)9-17(16(31)3)10-18(13-29)23(32)30-21-6-4-5-19(11-21)24(26,27)28/h4-12H,1-3H3,(H,30,32)/b18-10-. The smallest absolute Gasteiger partial charge is 0.321 e. The van der Waals surface area contributed by atoms with Gasteiger partial charge in [0.2, 0.25) is 0 Å². The number of hydrogen-bond acceptors (Lipinski definition) is 2. The van der Waals surface area contributed by atoms with E-state index in [1.807, 2.05) is 49.6 Å². The van der Waals surface area contributed by atoms with Gasteiger partial charge < -0.3 is 9.88 Å². The lowest BCUT2D eigenvalue weighted by molar-refractivity contribution is -0.137. The summed E-state index contributed by atoms with van der Waals surface area (Å²) in [6, 6.07) is 13.4. The molecule has 4 nitrogen and oxygen atoms in total. The number of aromatic nitrogens is 1. The summed E-state index contributed by atoms with van der Waals surface area (Å²) in [5.41, 5.74) is 2.99. The van der Waals surface area contributed by atoms with Crippen molar-refractivity contribution < 1.29 is 18.0 Å². The highest BCUT2D eigenvalue weighted by Crippen LogP contribution is 2.31. The average Bonchev–Trinajstić information content (AvgIpc) is 3.00. The zero-order valence-corrected chi connectivity index (χ0v) is 18.3. The molecule has 1 heterocycles. The molecule has 1 N–H and O–H groups in total. The second kappa shape index (κ2) is 8.93. The minimum atomic E-state index is -4.54. The van der Waals surface area contributed by atoms with Gasteiger partial charge in [-0.05, 0) is 74.4 Å². The van der Waals surface area contributed by atoms with E-state index in [-0.39, 0.29) is 11.3 Å².